The van der Waals surface area contributed by atoms with Gasteiger partial charge in [0.2, 0.25) is 11.8 Å². The Bertz CT molecular complexity index is 414. The predicted molar refractivity (Wildman–Crippen MR) is 64.8 cm³/mol. The first-order chi connectivity index (χ1) is 8.15. The number of carbonyl (C=O) groups excluding carboxylic acids is 1. The summed E-state index contributed by atoms with van der Waals surface area (Å²) < 4.78 is 5.08. The molecule has 0 spiro atoms. The van der Waals surface area contributed by atoms with E-state index in [1.165, 1.54) is 7.11 Å². The fraction of sp³-hybridized carbons (Fsp3) is 0.500. The van der Waals surface area contributed by atoms with Crippen LogP contribution in [0.15, 0.2) is 18.3 Å². The minimum atomic E-state index is -0.735. The van der Waals surface area contributed by atoms with Gasteiger partial charge in [0.05, 0.1) is 12.6 Å². The van der Waals surface area contributed by atoms with E-state index in [-0.39, 0.29) is 5.91 Å². The molecule has 2 rings (SSSR count). The van der Waals surface area contributed by atoms with Gasteiger partial charge in [0.15, 0.2) is 0 Å². The van der Waals surface area contributed by atoms with E-state index in [4.69, 9.17) is 10.5 Å². The maximum atomic E-state index is 12.1. The van der Waals surface area contributed by atoms with Gasteiger partial charge in [0.25, 0.3) is 0 Å². The lowest BCUT2D eigenvalue weighted by atomic mass is 9.98. The predicted octanol–water partition coefficient (Wildman–Crippen LogP) is 1.30. The molecule has 17 heavy (non-hydrogen) atoms. The Kier molecular flexibility index (Phi) is 3.28. The highest BCUT2D eigenvalue weighted by atomic mass is 16.5. The van der Waals surface area contributed by atoms with Crippen LogP contribution >= 0.6 is 0 Å². The molecule has 1 fully saturated rings. The molecule has 1 aliphatic rings. The van der Waals surface area contributed by atoms with Gasteiger partial charge in [-0.05, 0) is 25.0 Å². The van der Waals surface area contributed by atoms with Crippen LogP contribution in [0.3, 0.4) is 0 Å². The van der Waals surface area contributed by atoms with Crippen molar-refractivity contribution < 1.29 is 9.53 Å². The number of ether oxygens (including phenoxy) is 1. The van der Waals surface area contributed by atoms with E-state index in [0.717, 1.165) is 25.7 Å². The normalized spacial score (nSPS) is 17.8. The van der Waals surface area contributed by atoms with Crippen LogP contribution in [0.25, 0.3) is 0 Å². The summed E-state index contributed by atoms with van der Waals surface area (Å²) in [5.74, 6) is 0.253. The van der Waals surface area contributed by atoms with Gasteiger partial charge in [0, 0.05) is 6.20 Å². The summed E-state index contributed by atoms with van der Waals surface area (Å²) in [5.41, 5.74) is 5.90. The molecule has 1 saturated carbocycles. The van der Waals surface area contributed by atoms with E-state index in [0.29, 0.717) is 11.6 Å². The van der Waals surface area contributed by atoms with Crippen LogP contribution in [-0.4, -0.2) is 23.5 Å². The monoisotopic (exact) mass is 235 g/mol. The number of nitrogens with two attached hydrogens (primary N) is 1. The number of methoxy groups -OCH3 is 1. The van der Waals surface area contributed by atoms with E-state index in [1.807, 2.05) is 0 Å². The van der Waals surface area contributed by atoms with Crippen molar-refractivity contribution in [2.45, 2.75) is 31.2 Å². The number of pyridine rings is 1. The summed E-state index contributed by atoms with van der Waals surface area (Å²) in [6.07, 6.45) is 5.10. The van der Waals surface area contributed by atoms with Crippen LogP contribution in [0, 0.1) is 0 Å². The molecule has 1 aromatic rings. The highest BCUT2D eigenvalue weighted by Gasteiger charge is 2.37. The fourth-order valence-electron chi connectivity index (χ4n) is 2.13. The van der Waals surface area contributed by atoms with Gasteiger partial charge in [-0.1, -0.05) is 12.8 Å². The number of nitrogens with one attached hydrogen (secondary N) is 1. The highest BCUT2D eigenvalue weighted by molar-refractivity contribution is 5.98. The summed E-state index contributed by atoms with van der Waals surface area (Å²) in [5, 5.41) is 2.79. The number of nitrogens with zero attached hydrogens (tertiary/aromatic N) is 1. The molecule has 5 nitrogen and oxygen atoms in total. The van der Waals surface area contributed by atoms with E-state index in [9.17, 15) is 4.79 Å². The molecule has 3 N–H and O–H groups in total. The van der Waals surface area contributed by atoms with E-state index in [1.54, 1.807) is 18.3 Å². The van der Waals surface area contributed by atoms with Crippen molar-refractivity contribution >= 4 is 11.6 Å². The summed E-state index contributed by atoms with van der Waals surface area (Å²) in [7, 11) is 1.52. The average Bonchev–Trinajstić information content (AvgIpc) is 2.78. The molecule has 0 bridgehead atoms. The van der Waals surface area contributed by atoms with Crippen molar-refractivity contribution in [1.29, 1.82) is 0 Å². The Balaban J connectivity index is 2.12. The Morgan fingerprint density at radius 2 is 2.24 bits per heavy atom. The third-order valence-corrected chi connectivity index (χ3v) is 3.16. The Morgan fingerprint density at radius 1 is 1.53 bits per heavy atom. The number of aromatic nitrogens is 1. The second-order valence-electron chi connectivity index (χ2n) is 4.38. The van der Waals surface area contributed by atoms with Crippen molar-refractivity contribution in [1.82, 2.24) is 4.98 Å². The lowest BCUT2D eigenvalue weighted by molar-refractivity contribution is -0.121. The lowest BCUT2D eigenvalue weighted by Crippen LogP contribution is -2.48. The van der Waals surface area contributed by atoms with Crippen molar-refractivity contribution in [2.24, 2.45) is 5.73 Å². The van der Waals surface area contributed by atoms with Crippen LogP contribution in [0.4, 0.5) is 5.69 Å². The number of hydrogen-bond donors (Lipinski definition) is 2. The molecular formula is C12H17N3O2. The standard InChI is InChI=1S/C12H17N3O2/c1-17-10-9(5-4-8-14-10)15-11(16)12(13)6-2-3-7-12/h4-5,8H,2-3,6-7,13H2,1H3,(H,15,16). The van der Waals surface area contributed by atoms with Crippen molar-refractivity contribution in [3.63, 3.8) is 0 Å². The average molecular weight is 235 g/mol. The first-order valence-corrected chi connectivity index (χ1v) is 5.75. The van der Waals surface area contributed by atoms with Gasteiger partial charge >= 0.3 is 0 Å². The molecule has 0 aromatic carbocycles. The van der Waals surface area contributed by atoms with Crippen LogP contribution in [0.2, 0.25) is 0 Å². The molecule has 1 aromatic heterocycles. The quantitative estimate of drug-likeness (QED) is 0.827. The Morgan fingerprint density at radius 3 is 2.88 bits per heavy atom. The summed E-state index contributed by atoms with van der Waals surface area (Å²) in [6.45, 7) is 0. The third kappa shape index (κ3) is 2.39. The Hall–Kier alpha value is -1.62. The number of hydrogen-bond acceptors (Lipinski definition) is 4. The zero-order chi connectivity index (χ0) is 12.3. The van der Waals surface area contributed by atoms with E-state index in [2.05, 4.69) is 10.3 Å². The largest absolute Gasteiger partial charge is 0.480 e. The van der Waals surface area contributed by atoms with E-state index >= 15 is 0 Å². The van der Waals surface area contributed by atoms with Crippen molar-refractivity contribution in [3.8, 4) is 5.88 Å². The van der Waals surface area contributed by atoms with Gasteiger partial charge in [-0.15, -0.1) is 0 Å². The highest BCUT2D eigenvalue weighted by Crippen LogP contribution is 2.29. The SMILES string of the molecule is COc1ncccc1NC(=O)C1(N)CCCC1. The van der Waals surface area contributed by atoms with Crippen LogP contribution < -0.4 is 15.8 Å². The minimum absolute atomic E-state index is 0.152. The molecule has 1 heterocycles. The molecule has 0 saturated heterocycles. The summed E-state index contributed by atoms with van der Waals surface area (Å²) in [4.78, 5) is 16.1. The Labute approximate surface area is 100 Å². The first kappa shape index (κ1) is 11.9. The van der Waals surface area contributed by atoms with Gasteiger partial charge in [-0.2, -0.15) is 0 Å². The van der Waals surface area contributed by atoms with Crippen molar-refractivity contribution in [2.75, 3.05) is 12.4 Å². The second kappa shape index (κ2) is 4.71. The molecule has 1 aliphatic carbocycles. The molecule has 0 unspecified atom stereocenters. The third-order valence-electron chi connectivity index (χ3n) is 3.16. The topological polar surface area (TPSA) is 77.2 Å². The molecular weight excluding hydrogens is 218 g/mol. The molecule has 92 valence electrons. The van der Waals surface area contributed by atoms with Crippen LogP contribution in [0.1, 0.15) is 25.7 Å². The number of carbonyl (C=O) groups is 1. The van der Waals surface area contributed by atoms with Gasteiger partial charge in [0.1, 0.15) is 5.69 Å². The maximum Gasteiger partial charge on any atom is 0.244 e. The molecule has 5 heteroatoms. The zero-order valence-electron chi connectivity index (χ0n) is 9.90. The molecule has 0 atom stereocenters. The first-order valence-electron chi connectivity index (χ1n) is 5.75. The lowest BCUT2D eigenvalue weighted by Gasteiger charge is -2.22. The number of amides is 1. The fourth-order valence-corrected chi connectivity index (χ4v) is 2.13. The van der Waals surface area contributed by atoms with Gasteiger partial charge in [-0.3, -0.25) is 4.79 Å². The number of rotatable bonds is 3. The second-order valence-corrected chi connectivity index (χ2v) is 4.38. The van der Waals surface area contributed by atoms with E-state index < -0.39 is 5.54 Å². The van der Waals surface area contributed by atoms with Crippen molar-refractivity contribution in [3.05, 3.63) is 18.3 Å². The molecule has 0 radical (unpaired) electrons. The van der Waals surface area contributed by atoms with Crippen LogP contribution in [-0.2, 0) is 4.79 Å². The van der Waals surface area contributed by atoms with Gasteiger partial charge < -0.3 is 15.8 Å². The zero-order valence-corrected chi connectivity index (χ0v) is 9.90. The van der Waals surface area contributed by atoms with Crippen LogP contribution in [0.5, 0.6) is 5.88 Å². The summed E-state index contributed by atoms with van der Waals surface area (Å²) >= 11 is 0. The maximum absolute atomic E-state index is 12.1. The smallest absolute Gasteiger partial charge is 0.244 e. The number of anilines is 1. The summed E-state index contributed by atoms with van der Waals surface area (Å²) in [6, 6.07) is 3.50. The molecule has 0 aliphatic heterocycles. The van der Waals surface area contributed by atoms with Gasteiger partial charge in [-0.25, -0.2) is 4.98 Å². The molecule has 1 amide bonds. The minimum Gasteiger partial charge on any atom is -0.480 e.